The maximum Gasteiger partial charge on any atom is 0.194 e. The standard InChI is InChI=1S/C44H22O5/c45-41-33-15-23-5-1-3-7-25(23)17-35(33)43(47)39-21-29-13-31(11-9-27(29)19-37(39)41)49-32-12-10-28-20-38-40(22-30(28)14-32)44(48)36-18-26-8-4-2-6-24(26)16-34(36)42(38)46/h1-22H. The summed E-state index contributed by atoms with van der Waals surface area (Å²) >= 11 is 0. The summed E-state index contributed by atoms with van der Waals surface area (Å²) in [6.45, 7) is 0. The van der Waals surface area contributed by atoms with Gasteiger partial charge in [-0.05, 0) is 116 Å². The van der Waals surface area contributed by atoms with Crippen LogP contribution < -0.4 is 4.74 Å². The molecule has 0 amide bonds. The molecule has 2 aliphatic rings. The van der Waals surface area contributed by atoms with Gasteiger partial charge in [0.1, 0.15) is 11.5 Å². The Morgan fingerprint density at radius 2 is 0.510 bits per heavy atom. The van der Waals surface area contributed by atoms with Crippen LogP contribution in [0.25, 0.3) is 43.1 Å². The SMILES string of the molecule is O=C1c2cc3ccccc3cc2C(=O)c2cc3cc(Oc4ccc5cc6c(cc5c4)C(=O)c4cc5ccccc5cc4C6=O)ccc3cc21. The van der Waals surface area contributed by atoms with E-state index < -0.39 is 0 Å². The summed E-state index contributed by atoms with van der Waals surface area (Å²) < 4.78 is 6.28. The van der Waals surface area contributed by atoms with E-state index in [-0.39, 0.29) is 23.1 Å². The molecule has 0 fully saturated rings. The van der Waals surface area contributed by atoms with Crippen molar-refractivity contribution in [1.29, 1.82) is 0 Å². The predicted octanol–water partition coefficient (Wildman–Crippen LogP) is 9.64. The van der Waals surface area contributed by atoms with Crippen molar-refractivity contribution in [3.63, 3.8) is 0 Å². The van der Waals surface area contributed by atoms with Gasteiger partial charge in [0, 0.05) is 44.5 Å². The third kappa shape index (κ3) is 4.06. The van der Waals surface area contributed by atoms with Gasteiger partial charge < -0.3 is 4.74 Å². The van der Waals surface area contributed by atoms with Gasteiger partial charge in [-0.2, -0.15) is 0 Å². The topological polar surface area (TPSA) is 77.5 Å². The molecule has 0 spiro atoms. The van der Waals surface area contributed by atoms with E-state index >= 15 is 0 Å². The zero-order valence-corrected chi connectivity index (χ0v) is 25.7. The van der Waals surface area contributed by atoms with Gasteiger partial charge in [0.25, 0.3) is 0 Å². The van der Waals surface area contributed by atoms with E-state index in [0.717, 1.165) is 43.1 Å². The highest BCUT2D eigenvalue weighted by Crippen LogP contribution is 2.37. The summed E-state index contributed by atoms with van der Waals surface area (Å²) in [5, 5.41) is 6.83. The molecule has 10 rings (SSSR count). The predicted molar refractivity (Wildman–Crippen MR) is 190 cm³/mol. The Balaban J connectivity index is 0.997. The van der Waals surface area contributed by atoms with E-state index in [1.807, 2.05) is 97.1 Å². The molecule has 0 bridgehead atoms. The average molecular weight is 631 g/mol. The normalized spacial score (nSPS) is 13.5. The van der Waals surface area contributed by atoms with Gasteiger partial charge in [-0.25, -0.2) is 0 Å². The molecule has 0 aromatic heterocycles. The molecule has 5 nitrogen and oxygen atoms in total. The van der Waals surface area contributed by atoms with Crippen molar-refractivity contribution in [2.24, 2.45) is 0 Å². The Labute approximate surface area is 279 Å². The van der Waals surface area contributed by atoms with Crippen LogP contribution in [0.2, 0.25) is 0 Å². The molecule has 5 heteroatoms. The first-order valence-electron chi connectivity index (χ1n) is 16.0. The molecule has 228 valence electrons. The van der Waals surface area contributed by atoms with Gasteiger partial charge in [0.2, 0.25) is 0 Å². The Morgan fingerprint density at radius 3 is 0.796 bits per heavy atom. The summed E-state index contributed by atoms with van der Waals surface area (Å²) in [7, 11) is 0. The first-order valence-corrected chi connectivity index (χ1v) is 16.0. The fraction of sp³-hybridized carbons (Fsp3) is 0. The van der Waals surface area contributed by atoms with Crippen molar-refractivity contribution in [1.82, 2.24) is 0 Å². The van der Waals surface area contributed by atoms with E-state index in [2.05, 4.69) is 0 Å². The maximum absolute atomic E-state index is 13.7. The average Bonchev–Trinajstić information content (AvgIpc) is 3.13. The van der Waals surface area contributed by atoms with Crippen molar-refractivity contribution >= 4 is 66.2 Å². The number of rotatable bonds is 2. The molecule has 0 aliphatic heterocycles. The molecule has 0 atom stereocenters. The van der Waals surface area contributed by atoms with Crippen molar-refractivity contribution < 1.29 is 23.9 Å². The zero-order valence-electron chi connectivity index (χ0n) is 25.7. The minimum atomic E-state index is -0.176. The van der Waals surface area contributed by atoms with E-state index in [9.17, 15) is 19.2 Å². The number of ketones is 4. The fourth-order valence-corrected chi connectivity index (χ4v) is 7.38. The molecular formula is C44H22O5. The quantitative estimate of drug-likeness (QED) is 0.190. The van der Waals surface area contributed by atoms with Crippen molar-refractivity contribution in [3.05, 3.63) is 178 Å². The van der Waals surface area contributed by atoms with Crippen LogP contribution in [-0.2, 0) is 0 Å². The third-order valence-electron chi connectivity index (χ3n) is 9.86. The molecule has 0 heterocycles. The Morgan fingerprint density at radius 1 is 0.265 bits per heavy atom. The second-order valence-corrected chi connectivity index (χ2v) is 12.7. The lowest BCUT2D eigenvalue weighted by atomic mass is 9.81. The lowest BCUT2D eigenvalue weighted by Crippen LogP contribution is -2.20. The molecule has 0 saturated heterocycles. The highest BCUT2D eigenvalue weighted by molar-refractivity contribution is 6.31. The second kappa shape index (κ2) is 9.89. The largest absolute Gasteiger partial charge is 0.457 e. The smallest absolute Gasteiger partial charge is 0.194 e. The van der Waals surface area contributed by atoms with E-state index in [0.29, 0.717) is 56.0 Å². The maximum atomic E-state index is 13.7. The van der Waals surface area contributed by atoms with Crippen molar-refractivity contribution in [2.75, 3.05) is 0 Å². The van der Waals surface area contributed by atoms with Crippen LogP contribution >= 0.6 is 0 Å². The van der Waals surface area contributed by atoms with Crippen molar-refractivity contribution in [3.8, 4) is 11.5 Å². The molecule has 0 N–H and O–H groups in total. The van der Waals surface area contributed by atoms with Crippen LogP contribution in [0.4, 0.5) is 0 Å². The summed E-state index contributed by atoms with van der Waals surface area (Å²) in [6, 6.07) is 40.8. The first kappa shape index (κ1) is 27.4. The van der Waals surface area contributed by atoms with Crippen LogP contribution in [0.3, 0.4) is 0 Å². The highest BCUT2D eigenvalue weighted by atomic mass is 16.5. The summed E-state index contributed by atoms with van der Waals surface area (Å²) in [6.07, 6.45) is 0. The van der Waals surface area contributed by atoms with E-state index in [4.69, 9.17) is 4.74 Å². The minimum absolute atomic E-state index is 0.159. The van der Waals surface area contributed by atoms with Crippen LogP contribution in [0.15, 0.2) is 133 Å². The lowest BCUT2D eigenvalue weighted by Gasteiger charge is -2.19. The van der Waals surface area contributed by atoms with Crippen LogP contribution in [0.5, 0.6) is 11.5 Å². The molecular weight excluding hydrogens is 608 g/mol. The molecule has 2 aliphatic carbocycles. The molecule has 8 aromatic carbocycles. The summed E-state index contributed by atoms with van der Waals surface area (Å²) in [5.41, 5.74) is 3.24. The number of carbonyl (C=O) groups excluding carboxylic acids is 4. The summed E-state index contributed by atoms with van der Waals surface area (Å²) in [5.74, 6) is 0.437. The summed E-state index contributed by atoms with van der Waals surface area (Å²) in [4.78, 5) is 54.5. The number of fused-ring (bicyclic) bond motifs is 8. The number of hydrogen-bond acceptors (Lipinski definition) is 5. The molecule has 0 radical (unpaired) electrons. The van der Waals surface area contributed by atoms with Gasteiger partial charge in [0.15, 0.2) is 23.1 Å². The second-order valence-electron chi connectivity index (χ2n) is 12.7. The number of benzene rings is 8. The molecule has 8 aromatic rings. The monoisotopic (exact) mass is 630 g/mol. The molecule has 49 heavy (non-hydrogen) atoms. The molecule has 0 saturated carbocycles. The van der Waals surface area contributed by atoms with Gasteiger partial charge in [0.05, 0.1) is 0 Å². The zero-order chi connectivity index (χ0) is 33.0. The van der Waals surface area contributed by atoms with Crippen LogP contribution in [0.1, 0.15) is 63.7 Å². The van der Waals surface area contributed by atoms with Gasteiger partial charge in [-0.1, -0.05) is 60.7 Å². The number of hydrogen-bond donors (Lipinski definition) is 0. The lowest BCUT2D eigenvalue weighted by molar-refractivity contribution is 0.0979. The van der Waals surface area contributed by atoms with Gasteiger partial charge >= 0.3 is 0 Å². The van der Waals surface area contributed by atoms with Gasteiger partial charge in [-0.3, -0.25) is 19.2 Å². The van der Waals surface area contributed by atoms with E-state index in [1.54, 1.807) is 36.4 Å². The Bertz CT molecular complexity index is 2680. The number of ether oxygens (including phenoxy) is 1. The molecule has 0 unspecified atom stereocenters. The third-order valence-corrected chi connectivity index (χ3v) is 9.86. The fourth-order valence-electron chi connectivity index (χ4n) is 7.38. The van der Waals surface area contributed by atoms with Gasteiger partial charge in [-0.15, -0.1) is 0 Å². The highest BCUT2D eigenvalue weighted by Gasteiger charge is 2.32. The van der Waals surface area contributed by atoms with Crippen molar-refractivity contribution in [2.45, 2.75) is 0 Å². The van der Waals surface area contributed by atoms with Crippen LogP contribution in [0, 0.1) is 0 Å². The Hall–Kier alpha value is -6.72. The minimum Gasteiger partial charge on any atom is -0.457 e. The van der Waals surface area contributed by atoms with E-state index in [1.165, 1.54) is 0 Å². The number of carbonyl (C=O) groups is 4. The van der Waals surface area contributed by atoms with Crippen LogP contribution in [-0.4, -0.2) is 23.1 Å². The Kier molecular flexibility index (Phi) is 5.53. The first-order chi connectivity index (χ1) is 23.9.